The van der Waals surface area contributed by atoms with Crippen molar-refractivity contribution in [1.29, 1.82) is 0 Å². The fourth-order valence-electron chi connectivity index (χ4n) is 3.69. The molecule has 29 heavy (non-hydrogen) atoms. The second-order valence-electron chi connectivity index (χ2n) is 7.35. The third-order valence-corrected chi connectivity index (χ3v) is 6.87. The molecule has 156 valence electrons. The third-order valence-electron chi connectivity index (χ3n) is 5.26. The SMILES string of the molecule is O=C(CNC(=S)N(Cc1cccs1)C1CCCCC1)NCCc1ccccc1Cl. The van der Waals surface area contributed by atoms with E-state index in [9.17, 15) is 4.79 Å². The van der Waals surface area contributed by atoms with Crippen LogP contribution in [0.4, 0.5) is 0 Å². The number of rotatable bonds is 8. The summed E-state index contributed by atoms with van der Waals surface area (Å²) in [5.74, 6) is -0.0564. The number of hydrogen-bond donors (Lipinski definition) is 2. The highest BCUT2D eigenvalue weighted by Gasteiger charge is 2.24. The Labute approximate surface area is 187 Å². The number of carbonyl (C=O) groups is 1. The van der Waals surface area contributed by atoms with E-state index in [1.165, 1.54) is 24.1 Å². The van der Waals surface area contributed by atoms with Crippen LogP contribution in [-0.4, -0.2) is 35.1 Å². The van der Waals surface area contributed by atoms with Gasteiger partial charge in [-0.1, -0.05) is 55.1 Å². The molecule has 7 heteroatoms. The first-order valence-corrected chi connectivity index (χ1v) is 11.9. The summed E-state index contributed by atoms with van der Waals surface area (Å²) in [5, 5.41) is 9.62. The first-order valence-electron chi connectivity index (χ1n) is 10.2. The molecule has 0 atom stereocenters. The summed E-state index contributed by atoms with van der Waals surface area (Å²) in [6.45, 7) is 1.55. The smallest absolute Gasteiger partial charge is 0.239 e. The predicted octanol–water partition coefficient (Wildman–Crippen LogP) is 4.77. The summed E-state index contributed by atoms with van der Waals surface area (Å²) in [5.41, 5.74) is 1.04. The van der Waals surface area contributed by atoms with Crippen LogP contribution in [0.15, 0.2) is 41.8 Å². The fourth-order valence-corrected chi connectivity index (χ4v) is 4.91. The Hall–Kier alpha value is -1.63. The molecule has 0 saturated heterocycles. The molecule has 2 aromatic rings. The van der Waals surface area contributed by atoms with Gasteiger partial charge < -0.3 is 15.5 Å². The monoisotopic (exact) mass is 449 g/mol. The van der Waals surface area contributed by atoms with Gasteiger partial charge in [-0.15, -0.1) is 11.3 Å². The van der Waals surface area contributed by atoms with E-state index < -0.39 is 0 Å². The highest BCUT2D eigenvalue weighted by atomic mass is 35.5. The maximum Gasteiger partial charge on any atom is 0.239 e. The van der Waals surface area contributed by atoms with Gasteiger partial charge in [-0.2, -0.15) is 0 Å². The van der Waals surface area contributed by atoms with E-state index in [4.69, 9.17) is 23.8 Å². The molecule has 1 heterocycles. The van der Waals surface area contributed by atoms with Crippen molar-refractivity contribution in [3.63, 3.8) is 0 Å². The van der Waals surface area contributed by atoms with Crippen molar-refractivity contribution in [3.05, 3.63) is 57.2 Å². The van der Waals surface area contributed by atoms with Crippen LogP contribution in [0.2, 0.25) is 5.02 Å². The van der Waals surface area contributed by atoms with Crippen LogP contribution < -0.4 is 10.6 Å². The molecule has 4 nitrogen and oxygen atoms in total. The molecule has 0 aliphatic heterocycles. The Kier molecular flexibility index (Phi) is 8.77. The Balaban J connectivity index is 1.47. The highest BCUT2D eigenvalue weighted by Crippen LogP contribution is 2.25. The summed E-state index contributed by atoms with van der Waals surface area (Å²) >= 11 is 13.6. The summed E-state index contributed by atoms with van der Waals surface area (Å²) in [7, 11) is 0. The summed E-state index contributed by atoms with van der Waals surface area (Å²) in [6.07, 6.45) is 6.84. The van der Waals surface area contributed by atoms with E-state index in [2.05, 4.69) is 33.0 Å². The average molecular weight is 450 g/mol. The van der Waals surface area contributed by atoms with Crippen LogP contribution in [0.25, 0.3) is 0 Å². The largest absolute Gasteiger partial charge is 0.354 e. The van der Waals surface area contributed by atoms with Crippen molar-refractivity contribution in [1.82, 2.24) is 15.5 Å². The minimum Gasteiger partial charge on any atom is -0.354 e. The molecule has 1 saturated carbocycles. The number of halogens is 1. The van der Waals surface area contributed by atoms with Crippen molar-refractivity contribution >= 4 is 46.2 Å². The van der Waals surface area contributed by atoms with Crippen LogP contribution in [0.3, 0.4) is 0 Å². The minimum absolute atomic E-state index is 0.0564. The molecule has 0 bridgehead atoms. The summed E-state index contributed by atoms with van der Waals surface area (Å²) in [6, 6.07) is 12.4. The molecule has 2 N–H and O–H groups in total. The van der Waals surface area contributed by atoms with Crippen molar-refractivity contribution < 1.29 is 4.79 Å². The number of carbonyl (C=O) groups excluding carboxylic acids is 1. The third kappa shape index (κ3) is 6.98. The minimum atomic E-state index is -0.0564. The maximum absolute atomic E-state index is 12.3. The van der Waals surface area contributed by atoms with E-state index >= 15 is 0 Å². The number of benzene rings is 1. The molecule has 1 aromatic carbocycles. The van der Waals surface area contributed by atoms with Gasteiger partial charge in [0, 0.05) is 22.5 Å². The number of nitrogens with zero attached hydrogens (tertiary/aromatic N) is 1. The van der Waals surface area contributed by atoms with Crippen LogP contribution in [-0.2, 0) is 17.8 Å². The summed E-state index contributed by atoms with van der Waals surface area (Å²) < 4.78 is 0. The number of thiocarbonyl (C=S) groups is 1. The molecule has 1 amide bonds. The van der Waals surface area contributed by atoms with Gasteiger partial charge in [-0.3, -0.25) is 4.79 Å². The zero-order valence-electron chi connectivity index (χ0n) is 16.5. The lowest BCUT2D eigenvalue weighted by Crippen LogP contribution is -2.48. The van der Waals surface area contributed by atoms with Crippen LogP contribution in [0, 0.1) is 0 Å². The van der Waals surface area contributed by atoms with Crippen molar-refractivity contribution in [2.75, 3.05) is 13.1 Å². The molecule has 1 aliphatic rings. The number of amides is 1. The highest BCUT2D eigenvalue weighted by molar-refractivity contribution is 7.80. The van der Waals surface area contributed by atoms with Crippen LogP contribution >= 0.6 is 35.2 Å². The Bertz CT molecular complexity index is 791. The first kappa shape index (κ1) is 22.1. The number of nitrogens with one attached hydrogen (secondary N) is 2. The van der Waals surface area contributed by atoms with Gasteiger partial charge in [0.25, 0.3) is 0 Å². The lowest BCUT2D eigenvalue weighted by molar-refractivity contribution is -0.120. The van der Waals surface area contributed by atoms with E-state index in [1.807, 2.05) is 24.3 Å². The van der Waals surface area contributed by atoms with Gasteiger partial charge >= 0.3 is 0 Å². The maximum atomic E-state index is 12.3. The standard InChI is InChI=1S/C22H28ClN3OS2/c23-20-11-5-4-7-17(20)12-13-24-21(27)15-25-22(28)26(16-19-10-6-14-29-19)18-8-2-1-3-9-18/h4-7,10-11,14,18H,1-3,8-9,12-13,15-16H2,(H,24,27)(H,25,28). The Morgan fingerprint density at radius 1 is 1.14 bits per heavy atom. The van der Waals surface area contributed by atoms with E-state index in [0.717, 1.165) is 30.0 Å². The number of thiophene rings is 1. The molecule has 0 radical (unpaired) electrons. The van der Waals surface area contributed by atoms with E-state index in [0.29, 0.717) is 24.1 Å². The topological polar surface area (TPSA) is 44.4 Å². The zero-order valence-corrected chi connectivity index (χ0v) is 18.9. The van der Waals surface area contributed by atoms with Gasteiger partial charge in [0.05, 0.1) is 13.1 Å². The molecule has 1 aliphatic carbocycles. The van der Waals surface area contributed by atoms with Gasteiger partial charge in [0.15, 0.2) is 5.11 Å². The van der Waals surface area contributed by atoms with Crippen LogP contribution in [0.1, 0.15) is 42.5 Å². The summed E-state index contributed by atoms with van der Waals surface area (Å²) in [4.78, 5) is 15.8. The van der Waals surface area contributed by atoms with E-state index in [-0.39, 0.29) is 12.5 Å². The number of hydrogen-bond acceptors (Lipinski definition) is 3. The first-order chi connectivity index (χ1) is 14.1. The van der Waals surface area contributed by atoms with Gasteiger partial charge in [0.1, 0.15) is 0 Å². The van der Waals surface area contributed by atoms with E-state index in [1.54, 1.807) is 11.3 Å². The molecule has 1 fully saturated rings. The molecule has 1 aromatic heterocycles. The van der Waals surface area contributed by atoms with Crippen molar-refractivity contribution in [2.45, 2.75) is 51.1 Å². The molecule has 0 spiro atoms. The molecular weight excluding hydrogens is 422 g/mol. The molecule has 0 unspecified atom stereocenters. The Morgan fingerprint density at radius 3 is 2.66 bits per heavy atom. The Morgan fingerprint density at radius 2 is 1.93 bits per heavy atom. The average Bonchev–Trinajstić information content (AvgIpc) is 3.26. The van der Waals surface area contributed by atoms with Gasteiger partial charge in [-0.05, 0) is 54.6 Å². The van der Waals surface area contributed by atoms with Gasteiger partial charge in [0.2, 0.25) is 5.91 Å². The second-order valence-corrected chi connectivity index (χ2v) is 9.18. The van der Waals surface area contributed by atoms with Crippen molar-refractivity contribution in [2.24, 2.45) is 0 Å². The molecular formula is C22H28ClN3OS2. The normalized spacial score (nSPS) is 14.4. The lowest BCUT2D eigenvalue weighted by atomic mass is 9.94. The van der Waals surface area contributed by atoms with Crippen molar-refractivity contribution in [3.8, 4) is 0 Å². The second kappa shape index (κ2) is 11.5. The fraction of sp³-hybridized carbons (Fsp3) is 0.455. The molecule has 3 rings (SSSR count). The van der Waals surface area contributed by atoms with Gasteiger partial charge in [-0.25, -0.2) is 0 Å². The zero-order chi connectivity index (χ0) is 20.5. The lowest BCUT2D eigenvalue weighted by Gasteiger charge is -2.36. The van der Waals surface area contributed by atoms with Crippen LogP contribution in [0.5, 0.6) is 0 Å². The predicted molar refractivity (Wildman–Crippen MR) is 126 cm³/mol. The quantitative estimate of drug-likeness (QED) is 0.570.